The van der Waals surface area contributed by atoms with Crippen LogP contribution in [0, 0.1) is 11.7 Å². The largest absolute Gasteiger partial charge is 0.491 e. The number of fused-ring (bicyclic) bond motifs is 1. The van der Waals surface area contributed by atoms with E-state index in [1.54, 1.807) is 24.3 Å². The molecule has 1 atom stereocenters. The molecule has 30 heavy (non-hydrogen) atoms. The summed E-state index contributed by atoms with van der Waals surface area (Å²) in [6.45, 7) is 2.17. The fourth-order valence-corrected chi connectivity index (χ4v) is 3.88. The predicted molar refractivity (Wildman–Crippen MR) is 111 cm³/mol. The number of nitrogens with zero attached hydrogens (tertiary/aromatic N) is 1. The Morgan fingerprint density at radius 2 is 2.10 bits per heavy atom. The van der Waals surface area contributed by atoms with Gasteiger partial charge in [-0.25, -0.2) is 4.39 Å². The molecule has 156 valence electrons. The Labute approximate surface area is 176 Å². The van der Waals surface area contributed by atoms with Gasteiger partial charge in [-0.1, -0.05) is 23.7 Å². The summed E-state index contributed by atoms with van der Waals surface area (Å²) >= 11 is 6.07. The second kappa shape index (κ2) is 8.45. The molecule has 2 aromatic carbocycles. The highest BCUT2D eigenvalue weighted by Crippen LogP contribution is 2.33. The van der Waals surface area contributed by atoms with Crippen LogP contribution in [-0.4, -0.2) is 42.2 Å². The third-order valence-electron chi connectivity index (χ3n) is 5.19. The number of rotatable bonds is 6. The van der Waals surface area contributed by atoms with Gasteiger partial charge < -0.3 is 14.3 Å². The van der Waals surface area contributed by atoms with Crippen molar-refractivity contribution in [2.45, 2.75) is 6.42 Å². The van der Waals surface area contributed by atoms with Crippen LogP contribution in [-0.2, 0) is 4.79 Å². The number of ether oxygens (including phenoxy) is 1. The Morgan fingerprint density at radius 3 is 2.87 bits per heavy atom. The van der Waals surface area contributed by atoms with E-state index >= 15 is 0 Å². The summed E-state index contributed by atoms with van der Waals surface area (Å²) < 4.78 is 25.3. The molecular formula is C22H19ClFNO5. The lowest BCUT2D eigenvalue weighted by molar-refractivity contribution is -0.141. The molecule has 2 heterocycles. The number of aliphatic carboxylic acids is 1. The van der Waals surface area contributed by atoms with Crippen LogP contribution in [0.2, 0.25) is 5.02 Å². The number of carbonyl (C=O) groups is 1. The van der Waals surface area contributed by atoms with Crippen LogP contribution < -0.4 is 10.2 Å². The highest BCUT2D eigenvalue weighted by Gasteiger charge is 2.27. The molecule has 1 saturated heterocycles. The molecule has 1 N–H and O–H groups in total. The summed E-state index contributed by atoms with van der Waals surface area (Å²) in [7, 11) is 0. The van der Waals surface area contributed by atoms with E-state index in [1.807, 2.05) is 4.90 Å². The molecule has 1 aliphatic rings. The van der Waals surface area contributed by atoms with Crippen LogP contribution >= 0.6 is 11.6 Å². The standard InChI is InChI=1S/C22H19ClFNO5/c23-17-10-14(24)9-16-18(26)11-20(30-21(16)17)15-3-1-2-4-19(15)29-8-7-25-6-5-13(12-25)22(27)28/h1-4,9-11,13H,5-8,12H2,(H,27,28). The van der Waals surface area contributed by atoms with Gasteiger partial charge in [0.1, 0.15) is 23.9 Å². The van der Waals surface area contributed by atoms with Gasteiger partial charge in [0.2, 0.25) is 0 Å². The maximum Gasteiger partial charge on any atom is 0.307 e. The Balaban J connectivity index is 1.55. The third-order valence-corrected chi connectivity index (χ3v) is 5.47. The van der Waals surface area contributed by atoms with Crippen LogP contribution in [0.3, 0.4) is 0 Å². The van der Waals surface area contributed by atoms with Gasteiger partial charge in [-0.05, 0) is 37.2 Å². The van der Waals surface area contributed by atoms with Crippen molar-refractivity contribution in [3.63, 3.8) is 0 Å². The molecule has 0 amide bonds. The smallest absolute Gasteiger partial charge is 0.307 e. The normalized spacial score (nSPS) is 16.8. The fourth-order valence-electron chi connectivity index (χ4n) is 3.63. The van der Waals surface area contributed by atoms with Gasteiger partial charge in [0.05, 0.1) is 21.9 Å². The minimum Gasteiger partial charge on any atom is -0.491 e. The third kappa shape index (κ3) is 4.17. The molecule has 0 radical (unpaired) electrons. The zero-order chi connectivity index (χ0) is 21.3. The Hall–Kier alpha value is -2.90. The SMILES string of the molecule is O=C(O)C1CCN(CCOc2ccccc2-c2cc(=O)c3cc(F)cc(Cl)c3o2)C1. The van der Waals surface area contributed by atoms with Gasteiger partial charge in [0.25, 0.3) is 0 Å². The van der Waals surface area contributed by atoms with Gasteiger partial charge in [-0.15, -0.1) is 0 Å². The van der Waals surface area contributed by atoms with E-state index in [0.29, 0.717) is 37.4 Å². The predicted octanol–water partition coefficient (Wildman–Crippen LogP) is 4.04. The first-order valence-corrected chi connectivity index (χ1v) is 9.90. The molecule has 0 aliphatic carbocycles. The molecule has 0 bridgehead atoms. The van der Waals surface area contributed by atoms with Crippen molar-refractivity contribution in [3.05, 3.63) is 63.5 Å². The summed E-state index contributed by atoms with van der Waals surface area (Å²) in [4.78, 5) is 25.6. The van der Waals surface area contributed by atoms with E-state index in [1.165, 1.54) is 6.07 Å². The molecule has 0 saturated carbocycles. The minimum absolute atomic E-state index is 0.0179. The number of halogens is 2. The van der Waals surface area contributed by atoms with E-state index < -0.39 is 17.2 Å². The Morgan fingerprint density at radius 1 is 1.30 bits per heavy atom. The number of carboxylic acids is 1. The van der Waals surface area contributed by atoms with Crippen molar-refractivity contribution in [1.82, 2.24) is 4.90 Å². The summed E-state index contributed by atoms with van der Waals surface area (Å²) in [5, 5.41) is 9.20. The number of likely N-dealkylation sites (tertiary alicyclic amines) is 1. The average molecular weight is 432 g/mol. The second-order valence-corrected chi connectivity index (χ2v) is 7.62. The highest BCUT2D eigenvalue weighted by molar-refractivity contribution is 6.34. The average Bonchev–Trinajstić information content (AvgIpc) is 3.18. The van der Waals surface area contributed by atoms with Crippen molar-refractivity contribution >= 4 is 28.5 Å². The van der Waals surface area contributed by atoms with Gasteiger partial charge in [0, 0.05) is 19.2 Å². The highest BCUT2D eigenvalue weighted by atomic mass is 35.5. The molecular weight excluding hydrogens is 413 g/mol. The summed E-state index contributed by atoms with van der Waals surface area (Å²) in [6, 6.07) is 10.6. The van der Waals surface area contributed by atoms with Crippen molar-refractivity contribution < 1.29 is 23.4 Å². The lowest BCUT2D eigenvalue weighted by Crippen LogP contribution is -2.27. The number of carboxylic acid groups (broad SMARTS) is 1. The Bertz CT molecular complexity index is 1160. The van der Waals surface area contributed by atoms with Crippen LogP contribution in [0.1, 0.15) is 6.42 Å². The number of hydrogen-bond donors (Lipinski definition) is 1. The van der Waals surface area contributed by atoms with Crippen molar-refractivity contribution in [2.24, 2.45) is 5.92 Å². The van der Waals surface area contributed by atoms with Crippen LogP contribution in [0.5, 0.6) is 5.75 Å². The van der Waals surface area contributed by atoms with E-state index in [9.17, 15) is 14.0 Å². The molecule has 3 aromatic rings. The van der Waals surface area contributed by atoms with Crippen LogP contribution in [0.25, 0.3) is 22.3 Å². The molecule has 1 aliphatic heterocycles. The van der Waals surface area contributed by atoms with E-state index in [4.69, 9.17) is 25.9 Å². The van der Waals surface area contributed by atoms with Crippen molar-refractivity contribution in [2.75, 3.05) is 26.2 Å². The molecule has 0 spiro atoms. The van der Waals surface area contributed by atoms with Crippen molar-refractivity contribution in [1.29, 1.82) is 0 Å². The zero-order valence-corrected chi connectivity index (χ0v) is 16.7. The molecule has 1 unspecified atom stereocenters. The molecule has 4 rings (SSSR count). The van der Waals surface area contributed by atoms with Gasteiger partial charge in [0.15, 0.2) is 11.0 Å². The maximum absolute atomic E-state index is 13.6. The van der Waals surface area contributed by atoms with Crippen LogP contribution in [0.15, 0.2) is 51.7 Å². The second-order valence-electron chi connectivity index (χ2n) is 7.21. The Kier molecular flexibility index (Phi) is 5.74. The minimum atomic E-state index is -0.770. The number of benzene rings is 2. The lowest BCUT2D eigenvalue weighted by atomic mass is 10.1. The molecule has 8 heteroatoms. The van der Waals surface area contributed by atoms with E-state index in [-0.39, 0.29) is 27.7 Å². The first kappa shape index (κ1) is 20.4. The van der Waals surface area contributed by atoms with Gasteiger partial charge in [-0.2, -0.15) is 0 Å². The fraction of sp³-hybridized carbons (Fsp3) is 0.273. The quantitative estimate of drug-likeness (QED) is 0.634. The first-order chi connectivity index (χ1) is 14.4. The summed E-state index contributed by atoms with van der Waals surface area (Å²) in [5.74, 6) is -0.924. The lowest BCUT2D eigenvalue weighted by Gasteiger charge is -2.17. The van der Waals surface area contributed by atoms with Gasteiger partial charge in [-0.3, -0.25) is 14.5 Å². The van der Waals surface area contributed by atoms with Gasteiger partial charge >= 0.3 is 5.97 Å². The zero-order valence-electron chi connectivity index (χ0n) is 15.9. The first-order valence-electron chi connectivity index (χ1n) is 9.52. The van der Waals surface area contributed by atoms with E-state index in [0.717, 1.165) is 18.7 Å². The topological polar surface area (TPSA) is 80.0 Å². The molecule has 1 aromatic heterocycles. The maximum atomic E-state index is 13.6. The molecule has 6 nitrogen and oxygen atoms in total. The van der Waals surface area contributed by atoms with Crippen LogP contribution in [0.4, 0.5) is 4.39 Å². The number of para-hydroxylation sites is 1. The van der Waals surface area contributed by atoms with Crippen molar-refractivity contribution in [3.8, 4) is 17.1 Å². The van der Waals surface area contributed by atoms with E-state index in [2.05, 4.69) is 0 Å². The summed E-state index contributed by atoms with van der Waals surface area (Å²) in [6.07, 6.45) is 0.634. The molecule has 1 fully saturated rings. The summed E-state index contributed by atoms with van der Waals surface area (Å²) in [5.41, 5.74) is 0.285. The monoisotopic (exact) mass is 431 g/mol. The number of hydrogen-bond acceptors (Lipinski definition) is 5.